The SMILES string of the molecule is CCN(CC)C(=O)c1c(B(O)O)ccc2ccccc12. The van der Waals surface area contributed by atoms with Gasteiger partial charge in [0.05, 0.1) is 0 Å². The van der Waals surface area contributed by atoms with Crippen molar-refractivity contribution < 1.29 is 14.8 Å². The van der Waals surface area contributed by atoms with E-state index in [1.807, 2.05) is 38.1 Å². The predicted octanol–water partition coefficient (Wildman–Crippen LogP) is 1.00. The van der Waals surface area contributed by atoms with Gasteiger partial charge in [-0.05, 0) is 30.1 Å². The molecule has 0 unspecified atom stereocenters. The van der Waals surface area contributed by atoms with Gasteiger partial charge >= 0.3 is 7.12 Å². The van der Waals surface area contributed by atoms with Crippen LogP contribution < -0.4 is 5.46 Å². The fraction of sp³-hybridized carbons (Fsp3) is 0.267. The molecule has 2 aromatic carbocycles. The maximum atomic E-state index is 12.6. The number of rotatable bonds is 4. The first kappa shape index (κ1) is 14.6. The van der Waals surface area contributed by atoms with Gasteiger partial charge < -0.3 is 14.9 Å². The van der Waals surface area contributed by atoms with E-state index in [0.29, 0.717) is 18.7 Å². The second kappa shape index (κ2) is 6.07. The first-order valence-corrected chi connectivity index (χ1v) is 6.77. The van der Waals surface area contributed by atoms with Gasteiger partial charge in [-0.1, -0.05) is 36.4 Å². The maximum Gasteiger partial charge on any atom is 0.489 e. The van der Waals surface area contributed by atoms with Gasteiger partial charge in [-0.15, -0.1) is 0 Å². The van der Waals surface area contributed by atoms with E-state index in [9.17, 15) is 14.8 Å². The number of hydrogen-bond donors (Lipinski definition) is 2. The fourth-order valence-corrected chi connectivity index (χ4v) is 2.41. The molecular formula is C15H18BNO3. The Morgan fingerprint density at radius 3 is 2.35 bits per heavy atom. The molecule has 2 aromatic rings. The Hall–Kier alpha value is -1.85. The first-order chi connectivity index (χ1) is 9.60. The molecule has 104 valence electrons. The van der Waals surface area contributed by atoms with Gasteiger partial charge in [-0.3, -0.25) is 4.79 Å². The summed E-state index contributed by atoms with van der Waals surface area (Å²) in [6, 6.07) is 10.9. The zero-order valence-corrected chi connectivity index (χ0v) is 11.7. The molecule has 0 spiro atoms. The number of nitrogens with zero attached hydrogens (tertiary/aromatic N) is 1. The summed E-state index contributed by atoms with van der Waals surface area (Å²) in [4.78, 5) is 14.3. The third-order valence-corrected chi connectivity index (χ3v) is 3.50. The van der Waals surface area contributed by atoms with Crippen LogP contribution >= 0.6 is 0 Å². The summed E-state index contributed by atoms with van der Waals surface area (Å²) in [5, 5.41) is 20.7. The average molecular weight is 271 g/mol. The van der Waals surface area contributed by atoms with E-state index >= 15 is 0 Å². The molecule has 0 fully saturated rings. The van der Waals surface area contributed by atoms with Crippen LogP contribution in [0.2, 0.25) is 0 Å². The van der Waals surface area contributed by atoms with Crippen molar-refractivity contribution in [3.05, 3.63) is 42.0 Å². The molecule has 4 nitrogen and oxygen atoms in total. The Morgan fingerprint density at radius 1 is 1.10 bits per heavy atom. The highest BCUT2D eigenvalue weighted by atomic mass is 16.4. The van der Waals surface area contributed by atoms with Crippen molar-refractivity contribution in [2.45, 2.75) is 13.8 Å². The lowest BCUT2D eigenvalue weighted by Gasteiger charge is -2.21. The third-order valence-electron chi connectivity index (χ3n) is 3.50. The summed E-state index contributed by atoms with van der Waals surface area (Å²) in [5.74, 6) is -0.171. The molecule has 5 heteroatoms. The van der Waals surface area contributed by atoms with Crippen LogP contribution in [0.3, 0.4) is 0 Å². The smallest absolute Gasteiger partial charge is 0.423 e. The molecule has 0 bridgehead atoms. The first-order valence-electron chi connectivity index (χ1n) is 6.77. The molecule has 0 aliphatic heterocycles. The van der Waals surface area contributed by atoms with Gasteiger partial charge in [0.15, 0.2) is 0 Å². The minimum Gasteiger partial charge on any atom is -0.423 e. The topological polar surface area (TPSA) is 60.8 Å². The van der Waals surface area contributed by atoms with Gasteiger partial charge in [0.25, 0.3) is 5.91 Å². The van der Waals surface area contributed by atoms with Crippen molar-refractivity contribution in [2.24, 2.45) is 0 Å². The summed E-state index contributed by atoms with van der Waals surface area (Å²) in [7, 11) is -1.66. The standard InChI is InChI=1S/C15H18BNO3/c1-3-17(4-2)15(18)14-12-8-6-5-7-11(12)9-10-13(14)16(19)20/h5-10,19-20H,3-4H2,1-2H3. The van der Waals surface area contributed by atoms with Crippen molar-refractivity contribution in [1.29, 1.82) is 0 Å². The van der Waals surface area contributed by atoms with E-state index in [4.69, 9.17) is 0 Å². The Labute approximate surface area is 118 Å². The minimum absolute atomic E-state index is 0.171. The molecule has 0 aliphatic carbocycles. The van der Waals surface area contributed by atoms with Gasteiger partial charge in [-0.2, -0.15) is 0 Å². The monoisotopic (exact) mass is 271 g/mol. The second-order valence-corrected chi connectivity index (χ2v) is 4.60. The molecule has 0 aromatic heterocycles. The van der Waals surface area contributed by atoms with Crippen molar-refractivity contribution in [3.63, 3.8) is 0 Å². The van der Waals surface area contributed by atoms with E-state index < -0.39 is 7.12 Å². The lowest BCUT2D eigenvalue weighted by Crippen LogP contribution is -2.40. The van der Waals surface area contributed by atoms with Crippen molar-refractivity contribution in [3.8, 4) is 0 Å². The number of amides is 1. The molecule has 0 heterocycles. The third kappa shape index (κ3) is 2.55. The van der Waals surface area contributed by atoms with Crippen LogP contribution in [-0.2, 0) is 0 Å². The molecular weight excluding hydrogens is 253 g/mol. The number of carbonyl (C=O) groups is 1. The molecule has 0 radical (unpaired) electrons. The lowest BCUT2D eigenvalue weighted by atomic mass is 9.75. The van der Waals surface area contributed by atoms with E-state index in [0.717, 1.165) is 10.8 Å². The van der Waals surface area contributed by atoms with Crippen molar-refractivity contribution >= 4 is 29.3 Å². The van der Waals surface area contributed by atoms with Crippen LogP contribution in [0, 0.1) is 0 Å². The zero-order valence-electron chi connectivity index (χ0n) is 11.7. The van der Waals surface area contributed by atoms with Gasteiger partial charge in [0.2, 0.25) is 0 Å². The average Bonchev–Trinajstić information content (AvgIpc) is 2.46. The lowest BCUT2D eigenvalue weighted by molar-refractivity contribution is 0.0775. The van der Waals surface area contributed by atoms with Crippen LogP contribution in [0.25, 0.3) is 10.8 Å². The number of fused-ring (bicyclic) bond motifs is 1. The largest absolute Gasteiger partial charge is 0.489 e. The van der Waals surface area contributed by atoms with Gasteiger partial charge in [-0.25, -0.2) is 0 Å². The van der Waals surface area contributed by atoms with Gasteiger partial charge in [0, 0.05) is 18.7 Å². The zero-order chi connectivity index (χ0) is 14.7. The van der Waals surface area contributed by atoms with Crippen LogP contribution in [0.4, 0.5) is 0 Å². The molecule has 0 atom stereocenters. The molecule has 0 aliphatic rings. The number of benzene rings is 2. The van der Waals surface area contributed by atoms with Crippen LogP contribution in [0.5, 0.6) is 0 Å². The summed E-state index contributed by atoms with van der Waals surface area (Å²) in [6.45, 7) is 4.97. The molecule has 0 saturated heterocycles. The van der Waals surface area contributed by atoms with E-state index in [1.165, 1.54) is 0 Å². The highest BCUT2D eigenvalue weighted by Gasteiger charge is 2.25. The Bertz CT molecular complexity index is 624. The summed E-state index contributed by atoms with van der Waals surface area (Å²) >= 11 is 0. The molecule has 0 saturated carbocycles. The van der Waals surface area contributed by atoms with Crippen LogP contribution in [0.15, 0.2) is 36.4 Å². The molecule has 20 heavy (non-hydrogen) atoms. The Balaban J connectivity index is 2.69. The van der Waals surface area contributed by atoms with Crippen molar-refractivity contribution in [2.75, 3.05) is 13.1 Å². The molecule has 2 N–H and O–H groups in total. The van der Waals surface area contributed by atoms with Gasteiger partial charge in [0.1, 0.15) is 0 Å². The second-order valence-electron chi connectivity index (χ2n) is 4.60. The predicted molar refractivity (Wildman–Crippen MR) is 81.0 cm³/mol. The van der Waals surface area contributed by atoms with E-state index in [2.05, 4.69) is 0 Å². The minimum atomic E-state index is -1.66. The summed E-state index contributed by atoms with van der Waals surface area (Å²) in [6.07, 6.45) is 0. The van der Waals surface area contributed by atoms with Crippen molar-refractivity contribution in [1.82, 2.24) is 4.90 Å². The number of hydrogen-bond acceptors (Lipinski definition) is 3. The molecule has 1 amide bonds. The maximum absolute atomic E-state index is 12.6. The van der Waals surface area contributed by atoms with E-state index in [1.54, 1.807) is 17.0 Å². The summed E-state index contributed by atoms with van der Waals surface area (Å²) < 4.78 is 0. The quantitative estimate of drug-likeness (QED) is 0.815. The molecule has 2 rings (SSSR count). The van der Waals surface area contributed by atoms with E-state index in [-0.39, 0.29) is 11.4 Å². The highest BCUT2D eigenvalue weighted by molar-refractivity contribution is 6.61. The van der Waals surface area contributed by atoms with Crippen LogP contribution in [0.1, 0.15) is 24.2 Å². The highest BCUT2D eigenvalue weighted by Crippen LogP contribution is 2.19. The van der Waals surface area contributed by atoms with Crippen LogP contribution in [-0.4, -0.2) is 41.1 Å². The summed E-state index contributed by atoms with van der Waals surface area (Å²) in [5.41, 5.74) is 0.627. The number of carbonyl (C=O) groups excluding carboxylic acids is 1. The Morgan fingerprint density at radius 2 is 1.75 bits per heavy atom. The normalized spacial score (nSPS) is 10.6. The fourth-order valence-electron chi connectivity index (χ4n) is 2.41. The Kier molecular flexibility index (Phi) is 4.42.